The molecule has 1 saturated heterocycles. The van der Waals surface area contributed by atoms with E-state index in [2.05, 4.69) is 68.8 Å². The molecule has 0 unspecified atom stereocenters. The molecule has 5 heteroatoms. The summed E-state index contributed by atoms with van der Waals surface area (Å²) in [5.74, 6) is 2.35. The standard InChI is InChI=1S/C26H32N3O.BrH/c1-2-30-24-15-13-23(14-16-24)29-20-25(28-19-5-3-4-8-26(28)29)21-9-11-22(12-10-21)27-17-6-7-18-27;/h9-16,20H,2-8,17-19H2,1H3;1H/q+1;/p-1. The number of benzene rings is 2. The number of aromatic nitrogens is 2. The molecule has 2 aliphatic rings. The minimum absolute atomic E-state index is 0. The molecule has 31 heavy (non-hydrogen) atoms. The monoisotopic (exact) mass is 481 g/mol. The normalized spacial score (nSPS) is 15.8. The van der Waals surface area contributed by atoms with Crippen LogP contribution in [0.15, 0.2) is 54.7 Å². The average Bonchev–Trinajstić information content (AvgIpc) is 3.38. The lowest BCUT2D eigenvalue weighted by Crippen LogP contribution is -3.00. The fourth-order valence-corrected chi connectivity index (χ4v) is 4.91. The van der Waals surface area contributed by atoms with E-state index in [0.29, 0.717) is 6.61 Å². The summed E-state index contributed by atoms with van der Waals surface area (Å²) in [7, 11) is 0. The van der Waals surface area contributed by atoms with Gasteiger partial charge in [-0.05, 0) is 87.6 Å². The van der Waals surface area contributed by atoms with Gasteiger partial charge in [0.25, 0.3) is 5.82 Å². The van der Waals surface area contributed by atoms with Crippen LogP contribution in [0.25, 0.3) is 16.9 Å². The number of imidazole rings is 1. The molecule has 2 aliphatic heterocycles. The van der Waals surface area contributed by atoms with Crippen LogP contribution < -0.4 is 31.2 Å². The van der Waals surface area contributed by atoms with E-state index in [9.17, 15) is 0 Å². The zero-order valence-electron chi connectivity index (χ0n) is 18.4. The van der Waals surface area contributed by atoms with Crippen LogP contribution in [0.3, 0.4) is 0 Å². The van der Waals surface area contributed by atoms with Crippen LogP contribution in [0.5, 0.6) is 5.75 Å². The van der Waals surface area contributed by atoms with Gasteiger partial charge in [-0.3, -0.25) is 0 Å². The molecule has 0 saturated carbocycles. The van der Waals surface area contributed by atoms with Crippen molar-refractivity contribution < 1.29 is 26.3 Å². The third kappa shape index (κ3) is 4.52. The number of anilines is 1. The van der Waals surface area contributed by atoms with Crippen LogP contribution in [0.1, 0.15) is 44.9 Å². The zero-order chi connectivity index (χ0) is 20.3. The summed E-state index contributed by atoms with van der Waals surface area (Å²) in [6, 6.07) is 17.7. The second kappa shape index (κ2) is 9.90. The van der Waals surface area contributed by atoms with Gasteiger partial charge < -0.3 is 26.6 Å². The van der Waals surface area contributed by atoms with E-state index >= 15 is 0 Å². The molecule has 0 N–H and O–H groups in total. The van der Waals surface area contributed by atoms with Crippen LogP contribution in [0.2, 0.25) is 0 Å². The smallest absolute Gasteiger partial charge is 0.262 e. The van der Waals surface area contributed by atoms with Gasteiger partial charge in [0.1, 0.15) is 17.6 Å². The van der Waals surface area contributed by atoms with Crippen molar-refractivity contribution >= 4 is 5.69 Å². The highest BCUT2D eigenvalue weighted by molar-refractivity contribution is 5.61. The number of hydrogen-bond donors (Lipinski definition) is 0. The van der Waals surface area contributed by atoms with Gasteiger partial charge >= 0.3 is 0 Å². The number of nitrogens with zero attached hydrogens (tertiary/aromatic N) is 3. The van der Waals surface area contributed by atoms with Crippen LogP contribution in [-0.4, -0.2) is 24.3 Å². The summed E-state index contributed by atoms with van der Waals surface area (Å²) in [4.78, 5) is 2.50. The quantitative estimate of drug-likeness (QED) is 0.520. The molecule has 1 aromatic heterocycles. The first-order valence-electron chi connectivity index (χ1n) is 11.6. The second-order valence-corrected chi connectivity index (χ2v) is 8.43. The molecule has 4 nitrogen and oxygen atoms in total. The number of ether oxygens (including phenoxy) is 1. The van der Waals surface area contributed by atoms with Gasteiger partial charge in [0, 0.05) is 30.8 Å². The first-order chi connectivity index (χ1) is 14.8. The highest BCUT2D eigenvalue weighted by atomic mass is 79.9. The molecule has 2 aromatic carbocycles. The summed E-state index contributed by atoms with van der Waals surface area (Å²) >= 11 is 0. The summed E-state index contributed by atoms with van der Waals surface area (Å²) in [5, 5.41) is 0. The predicted octanol–water partition coefficient (Wildman–Crippen LogP) is 2.16. The van der Waals surface area contributed by atoms with E-state index in [0.717, 1.165) is 18.7 Å². The number of rotatable bonds is 5. The molecule has 3 aromatic rings. The minimum Gasteiger partial charge on any atom is -1.00 e. The second-order valence-electron chi connectivity index (χ2n) is 8.43. The molecule has 5 rings (SSSR count). The molecule has 0 amide bonds. The van der Waals surface area contributed by atoms with Crippen molar-refractivity contribution in [2.24, 2.45) is 0 Å². The summed E-state index contributed by atoms with van der Waals surface area (Å²) in [6.45, 7) is 6.21. The lowest BCUT2D eigenvalue weighted by Gasteiger charge is -2.17. The largest absolute Gasteiger partial charge is 1.00 e. The molecule has 3 heterocycles. The van der Waals surface area contributed by atoms with Gasteiger partial charge in [0.05, 0.1) is 13.2 Å². The van der Waals surface area contributed by atoms with Crippen molar-refractivity contribution in [1.29, 1.82) is 0 Å². The maximum absolute atomic E-state index is 5.64. The highest BCUT2D eigenvalue weighted by Crippen LogP contribution is 2.27. The van der Waals surface area contributed by atoms with Crippen molar-refractivity contribution in [3.8, 4) is 22.7 Å². The third-order valence-electron chi connectivity index (χ3n) is 6.47. The van der Waals surface area contributed by atoms with Gasteiger partial charge in [-0.15, -0.1) is 0 Å². The summed E-state index contributed by atoms with van der Waals surface area (Å²) in [6.07, 6.45) is 9.91. The predicted molar refractivity (Wildman–Crippen MR) is 122 cm³/mol. The minimum atomic E-state index is 0. The van der Waals surface area contributed by atoms with Crippen LogP contribution >= 0.6 is 0 Å². The maximum atomic E-state index is 5.64. The number of fused-ring (bicyclic) bond motifs is 1. The molecule has 1 fully saturated rings. The molecular weight excluding hydrogens is 450 g/mol. The van der Waals surface area contributed by atoms with Crippen molar-refractivity contribution in [2.45, 2.75) is 52.0 Å². The Morgan fingerprint density at radius 2 is 1.55 bits per heavy atom. The van der Waals surface area contributed by atoms with Crippen molar-refractivity contribution in [3.63, 3.8) is 0 Å². The Morgan fingerprint density at radius 1 is 0.839 bits per heavy atom. The molecule has 0 bridgehead atoms. The molecule has 0 spiro atoms. The maximum Gasteiger partial charge on any atom is 0.262 e. The van der Waals surface area contributed by atoms with Gasteiger partial charge in [0.2, 0.25) is 0 Å². The Bertz CT molecular complexity index is 989. The van der Waals surface area contributed by atoms with Crippen molar-refractivity contribution in [2.75, 3.05) is 24.6 Å². The number of halogens is 1. The van der Waals surface area contributed by atoms with E-state index in [1.807, 2.05) is 6.92 Å². The van der Waals surface area contributed by atoms with E-state index in [1.165, 1.54) is 73.7 Å². The number of hydrogen-bond acceptors (Lipinski definition) is 2. The Hall–Kier alpha value is -2.27. The summed E-state index contributed by atoms with van der Waals surface area (Å²) in [5.41, 5.74) is 5.21. The van der Waals surface area contributed by atoms with E-state index in [-0.39, 0.29) is 17.0 Å². The fourth-order valence-electron chi connectivity index (χ4n) is 4.91. The van der Waals surface area contributed by atoms with Gasteiger partial charge in [-0.1, -0.05) is 0 Å². The molecule has 164 valence electrons. The molecular formula is C26H32BrN3O. The van der Waals surface area contributed by atoms with Crippen LogP contribution in [0.4, 0.5) is 5.69 Å². The Balaban J connectivity index is 0.00000231. The lowest BCUT2D eigenvalue weighted by atomic mass is 10.1. The van der Waals surface area contributed by atoms with E-state index < -0.39 is 0 Å². The van der Waals surface area contributed by atoms with Crippen LogP contribution in [0, 0.1) is 0 Å². The van der Waals surface area contributed by atoms with E-state index in [1.54, 1.807) is 0 Å². The first-order valence-corrected chi connectivity index (χ1v) is 11.6. The van der Waals surface area contributed by atoms with Gasteiger partial charge in [-0.2, -0.15) is 4.57 Å². The fraction of sp³-hybridized carbons (Fsp3) is 0.423. The highest BCUT2D eigenvalue weighted by Gasteiger charge is 2.27. The van der Waals surface area contributed by atoms with Crippen molar-refractivity contribution in [1.82, 2.24) is 4.57 Å². The Kier molecular flexibility index (Phi) is 7.01. The zero-order valence-corrected chi connectivity index (χ0v) is 20.0. The Morgan fingerprint density at radius 3 is 2.26 bits per heavy atom. The average molecular weight is 482 g/mol. The SMILES string of the molecule is CCOc1ccc(-n2cc(-c3ccc(N4CCCC4)cc3)[n+]3c2CCCCC3)cc1.[Br-]. The van der Waals surface area contributed by atoms with Crippen LogP contribution in [-0.2, 0) is 13.0 Å². The first kappa shape index (κ1) is 21.9. The summed E-state index contributed by atoms with van der Waals surface area (Å²) < 4.78 is 10.6. The Labute approximate surface area is 196 Å². The van der Waals surface area contributed by atoms with Crippen molar-refractivity contribution in [3.05, 3.63) is 60.6 Å². The van der Waals surface area contributed by atoms with Gasteiger partial charge in [-0.25, -0.2) is 4.57 Å². The lowest BCUT2D eigenvalue weighted by molar-refractivity contribution is -0.692. The van der Waals surface area contributed by atoms with Gasteiger partial charge in [0.15, 0.2) is 5.69 Å². The molecule has 0 atom stereocenters. The molecule has 0 radical (unpaired) electrons. The third-order valence-corrected chi connectivity index (χ3v) is 6.47. The molecule has 0 aliphatic carbocycles. The van der Waals surface area contributed by atoms with E-state index in [4.69, 9.17) is 4.74 Å². The topological polar surface area (TPSA) is 21.3 Å².